The van der Waals surface area contributed by atoms with Crippen molar-refractivity contribution < 1.29 is 37.1 Å². The predicted octanol–water partition coefficient (Wildman–Crippen LogP) is 4.70. The van der Waals surface area contributed by atoms with Crippen LogP contribution in [-0.2, 0) is 29.4 Å². The minimum atomic E-state index is -4.12. The Labute approximate surface area is 365 Å². The molecule has 5 N–H and O–H groups in total. The minimum Gasteiger partial charge on any atom is -0.497 e. The molecule has 8 rings (SSSR count). The third kappa shape index (κ3) is 7.20. The number of nitrogens with zero attached hydrogens (tertiary/aromatic N) is 2. The smallest absolute Gasteiger partial charge is 0.303 e. The maximum absolute atomic E-state index is 15.3. The lowest BCUT2D eigenvalue weighted by Gasteiger charge is -2.38. The molecular formula is C46H65N7O8S. The Morgan fingerprint density at radius 2 is 1.63 bits per heavy atom. The summed E-state index contributed by atoms with van der Waals surface area (Å²) >= 11 is 0. The molecule has 62 heavy (non-hydrogen) atoms. The van der Waals surface area contributed by atoms with Crippen molar-refractivity contribution in [2.45, 2.75) is 135 Å². The molecule has 1 aromatic carbocycles. The van der Waals surface area contributed by atoms with Gasteiger partial charge in [-0.05, 0) is 97.8 Å². The largest absolute Gasteiger partial charge is 0.497 e. The van der Waals surface area contributed by atoms with Crippen molar-refractivity contribution >= 4 is 50.6 Å². The first-order valence-electron chi connectivity index (χ1n) is 22.6. The van der Waals surface area contributed by atoms with Gasteiger partial charge in [-0.3, -0.25) is 24.0 Å². The van der Waals surface area contributed by atoms with E-state index in [2.05, 4.69) is 46.1 Å². The highest BCUT2D eigenvalue weighted by atomic mass is 32.2. The normalized spacial score (nSPS) is 28.8. The van der Waals surface area contributed by atoms with Crippen LogP contribution < -0.4 is 25.4 Å². The van der Waals surface area contributed by atoms with Crippen molar-refractivity contribution in [1.82, 2.24) is 34.9 Å². The van der Waals surface area contributed by atoms with Crippen molar-refractivity contribution in [3.8, 4) is 5.75 Å². The Hall–Kier alpha value is -4.44. The zero-order valence-electron chi connectivity index (χ0n) is 37.2. The third-order valence-electron chi connectivity index (χ3n) is 16.2. The van der Waals surface area contributed by atoms with Gasteiger partial charge in [0.2, 0.25) is 17.7 Å². The maximum atomic E-state index is 15.3. The summed E-state index contributed by atoms with van der Waals surface area (Å²) in [6.07, 6.45) is 10.9. The molecule has 2 spiro atoms. The first kappa shape index (κ1) is 44.2. The van der Waals surface area contributed by atoms with Crippen LogP contribution in [0.25, 0.3) is 10.9 Å². The van der Waals surface area contributed by atoms with Crippen molar-refractivity contribution in [3.05, 3.63) is 42.6 Å². The summed E-state index contributed by atoms with van der Waals surface area (Å²) in [6.45, 7) is 14.8. The fourth-order valence-corrected chi connectivity index (χ4v) is 13.4. The number of hydrogen-bond acceptors (Lipinski definition) is 8. The Balaban J connectivity index is 1.06. The minimum absolute atomic E-state index is 0.0414. The average molecular weight is 876 g/mol. The molecule has 4 aliphatic carbocycles. The number of rotatable bonds is 13. The molecule has 1 aromatic heterocycles. The fraction of sp³-hybridized carbons (Fsp3) is 0.674. The van der Waals surface area contributed by atoms with E-state index in [9.17, 15) is 27.6 Å². The molecule has 0 bridgehead atoms. The van der Waals surface area contributed by atoms with Crippen LogP contribution in [0, 0.1) is 33.5 Å². The first-order valence-corrected chi connectivity index (χ1v) is 24.0. The first-order chi connectivity index (χ1) is 29.2. The number of likely N-dealkylation sites (tertiary alicyclic amines) is 1. The molecule has 3 heterocycles. The molecular weight excluding hydrogens is 811 g/mol. The quantitative estimate of drug-likeness (QED) is 0.179. The number of benzene rings is 1. The Morgan fingerprint density at radius 1 is 0.935 bits per heavy atom. The van der Waals surface area contributed by atoms with Crippen LogP contribution >= 0.6 is 0 Å². The number of H-pyrrole nitrogens is 1. The second-order valence-corrected chi connectivity index (χ2v) is 22.3. The molecule has 4 saturated carbocycles. The van der Waals surface area contributed by atoms with Crippen LogP contribution in [-0.4, -0.2) is 103 Å². The Morgan fingerprint density at radius 3 is 2.21 bits per heavy atom. The molecule has 0 unspecified atom stereocenters. The number of fused-ring (bicyclic) bond motifs is 2. The van der Waals surface area contributed by atoms with Gasteiger partial charge >= 0.3 is 10.2 Å². The Kier molecular flexibility index (Phi) is 11.2. The maximum Gasteiger partial charge on any atom is 0.303 e. The van der Waals surface area contributed by atoms with E-state index in [1.165, 1.54) is 4.31 Å². The molecule has 15 nitrogen and oxygen atoms in total. The molecule has 6 fully saturated rings. The highest BCUT2D eigenvalue weighted by Crippen LogP contribution is 2.88. The van der Waals surface area contributed by atoms with Crippen LogP contribution in [0.4, 0.5) is 0 Å². The summed E-state index contributed by atoms with van der Waals surface area (Å²) in [7, 11) is -2.55. The molecule has 338 valence electrons. The van der Waals surface area contributed by atoms with E-state index in [1.54, 1.807) is 30.2 Å². The van der Waals surface area contributed by atoms with Gasteiger partial charge in [-0.2, -0.15) is 12.7 Å². The van der Waals surface area contributed by atoms with E-state index in [4.69, 9.17) is 4.74 Å². The van der Waals surface area contributed by atoms with Gasteiger partial charge in [0, 0.05) is 41.9 Å². The van der Waals surface area contributed by atoms with Crippen LogP contribution in [0.3, 0.4) is 0 Å². The highest BCUT2D eigenvalue weighted by molar-refractivity contribution is 7.87. The van der Waals surface area contributed by atoms with Crippen LogP contribution in [0.1, 0.15) is 122 Å². The third-order valence-corrected chi connectivity index (χ3v) is 17.7. The van der Waals surface area contributed by atoms with Crippen LogP contribution in [0.5, 0.6) is 5.75 Å². The monoisotopic (exact) mass is 875 g/mol. The number of carbonyl (C=O) groups excluding carboxylic acids is 5. The summed E-state index contributed by atoms with van der Waals surface area (Å²) in [6, 6.07) is 4.21. The van der Waals surface area contributed by atoms with E-state index >= 15 is 4.79 Å². The van der Waals surface area contributed by atoms with Gasteiger partial charge in [0.1, 0.15) is 35.1 Å². The van der Waals surface area contributed by atoms with Crippen molar-refractivity contribution in [1.29, 1.82) is 0 Å². The number of aromatic nitrogens is 1. The Bertz CT molecular complexity index is 2270. The van der Waals surface area contributed by atoms with Crippen LogP contribution in [0.2, 0.25) is 0 Å². The lowest BCUT2D eigenvalue weighted by Crippen LogP contribution is -2.62. The summed E-state index contributed by atoms with van der Waals surface area (Å²) < 4.78 is 35.3. The number of amides is 5. The number of methoxy groups -OCH3 is 1. The molecule has 2 aromatic rings. The van der Waals surface area contributed by atoms with E-state index in [-0.39, 0.29) is 28.6 Å². The van der Waals surface area contributed by atoms with Gasteiger partial charge in [0.25, 0.3) is 11.8 Å². The molecule has 16 heteroatoms. The van der Waals surface area contributed by atoms with Gasteiger partial charge in [-0.15, -0.1) is 6.58 Å². The average Bonchev–Trinajstić information content (AvgIpc) is 3.61. The van der Waals surface area contributed by atoms with Crippen molar-refractivity contribution in [2.75, 3.05) is 26.7 Å². The number of ether oxygens (including phenoxy) is 1. The molecule has 2 saturated heterocycles. The lowest BCUT2D eigenvalue weighted by atomic mass is 9.73. The number of carbonyl (C=O) groups is 5. The summed E-state index contributed by atoms with van der Waals surface area (Å²) in [5, 5.41) is 9.88. The second-order valence-electron chi connectivity index (χ2n) is 20.7. The molecule has 6 atom stereocenters. The predicted molar refractivity (Wildman–Crippen MR) is 234 cm³/mol. The zero-order valence-corrected chi connectivity index (χ0v) is 38.0. The molecule has 0 radical (unpaired) electrons. The van der Waals surface area contributed by atoms with E-state index in [0.717, 1.165) is 62.3 Å². The fourth-order valence-electron chi connectivity index (χ4n) is 12.1. The van der Waals surface area contributed by atoms with Crippen molar-refractivity contribution in [3.63, 3.8) is 0 Å². The SMILES string of the molecule is C=C[C@@H]1C[C@]1(NC(=O)[C@@H]1C[C@@]2(CN1C(=O)[C@@H](NC(=O)[C@@H](NC(=O)c1cc3cc(OC)ccc3[nH]1)C1CCCCC1)C(C)(C)C)C(C)(C)C21CCC1)C(=O)NS(=O)(=O)N1CCCC1. The van der Waals surface area contributed by atoms with E-state index < -0.39 is 74.7 Å². The standard InChI is InChI=1S/C46H65N7O8S/c1-8-30-25-46(30,41(58)51-62(59,60)52-21-12-13-22-52)50-38(55)34-26-45(43(5,6)44(45)19-14-20-44)27-53(34)40(57)36(42(2,3)4)49-39(56)35(28-15-10-9-11-16-28)48-37(54)33-24-29-23-31(61-7)17-18-32(29)47-33/h8,17-18,23-24,28,30,34-36,47H,1,9-16,19-22,25-27H2,2-7H3,(H,48,54)(H,49,56)(H,50,55)(H,51,58)/t30-,34+,35+,36-,45-,46-/m1/s1. The lowest BCUT2D eigenvalue weighted by molar-refractivity contribution is -0.145. The highest BCUT2D eigenvalue weighted by Gasteiger charge is 2.85. The number of nitrogens with one attached hydrogen (secondary N) is 5. The molecule has 2 aliphatic heterocycles. The topological polar surface area (TPSA) is 199 Å². The molecule has 5 amide bonds. The van der Waals surface area contributed by atoms with Gasteiger partial charge in [-0.25, -0.2) is 4.72 Å². The summed E-state index contributed by atoms with van der Waals surface area (Å²) in [4.78, 5) is 77.4. The number of hydrogen-bond donors (Lipinski definition) is 5. The van der Waals surface area contributed by atoms with Gasteiger partial charge < -0.3 is 30.6 Å². The summed E-state index contributed by atoms with van der Waals surface area (Å²) in [5.74, 6) is -2.67. The molecule has 6 aliphatic rings. The summed E-state index contributed by atoms with van der Waals surface area (Å²) in [5.41, 5.74) is -1.88. The van der Waals surface area contributed by atoms with Gasteiger partial charge in [0.15, 0.2) is 0 Å². The number of aromatic amines is 1. The van der Waals surface area contributed by atoms with Gasteiger partial charge in [0.05, 0.1) is 7.11 Å². The van der Waals surface area contributed by atoms with Crippen LogP contribution in [0.15, 0.2) is 36.9 Å². The zero-order chi connectivity index (χ0) is 44.6. The van der Waals surface area contributed by atoms with Gasteiger partial charge in [-0.1, -0.05) is 66.4 Å². The van der Waals surface area contributed by atoms with E-state index in [0.29, 0.717) is 50.3 Å². The van der Waals surface area contributed by atoms with Crippen molar-refractivity contribution in [2.24, 2.45) is 33.5 Å². The van der Waals surface area contributed by atoms with E-state index in [1.807, 2.05) is 32.9 Å². The second kappa shape index (κ2) is 15.7.